The van der Waals surface area contributed by atoms with Crippen LogP contribution in [-0.4, -0.2) is 16.1 Å². The number of hydrogen-bond donors (Lipinski definition) is 2. The van der Waals surface area contributed by atoms with Crippen molar-refractivity contribution >= 4 is 34.2 Å². The number of aromatic nitrogens is 2. The van der Waals surface area contributed by atoms with E-state index < -0.39 is 0 Å². The van der Waals surface area contributed by atoms with E-state index in [0.717, 1.165) is 16.5 Å². The maximum atomic E-state index is 12.5. The number of fused-ring (bicyclic) bond motifs is 1. The zero-order chi connectivity index (χ0) is 19.0. The summed E-state index contributed by atoms with van der Waals surface area (Å²) in [5.41, 5.74) is 6.10. The van der Waals surface area contributed by atoms with Crippen LogP contribution in [0.25, 0.3) is 22.0 Å². The van der Waals surface area contributed by atoms with E-state index in [1.165, 1.54) is 16.7 Å². The monoisotopic (exact) mass is 375 g/mol. The molecule has 27 heavy (non-hydrogen) atoms. The molecule has 1 heterocycles. The van der Waals surface area contributed by atoms with Gasteiger partial charge in [0.15, 0.2) is 5.82 Å². The van der Waals surface area contributed by atoms with Crippen LogP contribution in [0.1, 0.15) is 21.5 Å². The van der Waals surface area contributed by atoms with E-state index in [1.807, 2.05) is 6.07 Å². The molecule has 0 fully saturated rings. The van der Waals surface area contributed by atoms with Gasteiger partial charge in [-0.3, -0.25) is 9.89 Å². The van der Waals surface area contributed by atoms with Crippen LogP contribution in [0.15, 0.2) is 60.7 Å². The minimum atomic E-state index is -0.246. The highest BCUT2D eigenvalue weighted by Crippen LogP contribution is 2.29. The molecular weight excluding hydrogens is 358 g/mol. The van der Waals surface area contributed by atoms with Gasteiger partial charge < -0.3 is 5.32 Å². The highest BCUT2D eigenvalue weighted by atomic mass is 35.5. The number of aromatic amines is 1. The van der Waals surface area contributed by atoms with Crippen molar-refractivity contribution in [2.45, 2.75) is 13.8 Å². The first-order chi connectivity index (χ1) is 13.0. The van der Waals surface area contributed by atoms with Crippen molar-refractivity contribution in [3.05, 3.63) is 82.4 Å². The van der Waals surface area contributed by atoms with E-state index in [9.17, 15) is 4.79 Å². The summed E-state index contributed by atoms with van der Waals surface area (Å²) < 4.78 is 0. The van der Waals surface area contributed by atoms with Gasteiger partial charge in [0, 0.05) is 16.0 Å². The van der Waals surface area contributed by atoms with Crippen LogP contribution >= 0.6 is 11.6 Å². The van der Waals surface area contributed by atoms with Crippen LogP contribution in [0.2, 0.25) is 5.02 Å². The zero-order valence-electron chi connectivity index (χ0n) is 15.0. The maximum absolute atomic E-state index is 12.5. The lowest BCUT2D eigenvalue weighted by Crippen LogP contribution is -2.12. The van der Waals surface area contributed by atoms with Gasteiger partial charge in [0.1, 0.15) is 0 Å². The second-order valence-electron chi connectivity index (χ2n) is 6.62. The Bertz CT molecular complexity index is 1160. The number of anilines is 1. The van der Waals surface area contributed by atoms with Crippen LogP contribution in [-0.2, 0) is 0 Å². The normalized spacial score (nSPS) is 10.9. The lowest BCUT2D eigenvalue weighted by Gasteiger charge is -2.08. The Kier molecular flexibility index (Phi) is 4.42. The first-order valence-corrected chi connectivity index (χ1v) is 9.02. The number of halogens is 1. The molecule has 0 aliphatic heterocycles. The summed E-state index contributed by atoms with van der Waals surface area (Å²) in [6.07, 6.45) is 0. The van der Waals surface area contributed by atoms with Crippen molar-refractivity contribution in [3.8, 4) is 11.1 Å². The molecule has 4 nitrogen and oxygen atoms in total. The first kappa shape index (κ1) is 17.3. The molecule has 0 saturated heterocycles. The molecule has 134 valence electrons. The third-order valence-corrected chi connectivity index (χ3v) is 4.82. The lowest BCUT2D eigenvalue weighted by atomic mass is 9.98. The predicted molar refractivity (Wildman–Crippen MR) is 110 cm³/mol. The molecule has 3 aromatic carbocycles. The molecule has 0 radical (unpaired) electrons. The SMILES string of the molecule is Cc1ccc(C)c(-c2ccc3c(NC(=O)c4cccc(Cl)c4)n[nH]c3c2)c1. The fourth-order valence-corrected chi connectivity index (χ4v) is 3.33. The topological polar surface area (TPSA) is 57.8 Å². The molecule has 0 spiro atoms. The standard InChI is InChI=1S/C22H18ClN3O/c1-13-6-7-14(2)19(10-13)15-8-9-18-20(12-15)25-26-21(18)24-22(27)16-4-3-5-17(23)11-16/h3-12H,1-2H3,(H2,24,25,26,27). The van der Waals surface area contributed by atoms with Gasteiger partial charge in [-0.05, 0) is 60.9 Å². The third kappa shape index (κ3) is 3.44. The molecule has 1 aromatic heterocycles. The Balaban J connectivity index is 1.67. The smallest absolute Gasteiger partial charge is 0.256 e. The minimum Gasteiger partial charge on any atom is -0.305 e. The summed E-state index contributed by atoms with van der Waals surface area (Å²) in [7, 11) is 0. The average Bonchev–Trinajstić information content (AvgIpc) is 3.05. The molecule has 0 aliphatic carbocycles. The lowest BCUT2D eigenvalue weighted by molar-refractivity contribution is 0.102. The molecule has 4 aromatic rings. The van der Waals surface area contributed by atoms with Gasteiger partial charge in [-0.2, -0.15) is 5.10 Å². The molecule has 1 amide bonds. The van der Waals surface area contributed by atoms with Gasteiger partial charge in [-0.25, -0.2) is 0 Å². The van der Waals surface area contributed by atoms with Gasteiger partial charge in [0.05, 0.1) is 5.52 Å². The van der Waals surface area contributed by atoms with E-state index in [4.69, 9.17) is 11.6 Å². The summed E-state index contributed by atoms with van der Waals surface area (Å²) >= 11 is 5.96. The second-order valence-corrected chi connectivity index (χ2v) is 7.05. The fraction of sp³-hybridized carbons (Fsp3) is 0.0909. The summed E-state index contributed by atoms with van der Waals surface area (Å²) in [6.45, 7) is 4.18. The number of hydrogen-bond acceptors (Lipinski definition) is 2. The number of nitrogens with zero attached hydrogens (tertiary/aromatic N) is 1. The Labute approximate surface area is 162 Å². The van der Waals surface area contributed by atoms with E-state index in [2.05, 4.69) is 59.7 Å². The summed E-state index contributed by atoms with van der Waals surface area (Å²) in [5.74, 6) is 0.256. The van der Waals surface area contributed by atoms with E-state index in [0.29, 0.717) is 16.4 Å². The van der Waals surface area contributed by atoms with Crippen LogP contribution in [0.5, 0.6) is 0 Å². The predicted octanol–water partition coefficient (Wildman–Crippen LogP) is 5.75. The van der Waals surface area contributed by atoms with Crippen LogP contribution in [0.3, 0.4) is 0 Å². The largest absolute Gasteiger partial charge is 0.305 e. The quantitative estimate of drug-likeness (QED) is 0.478. The van der Waals surface area contributed by atoms with E-state index >= 15 is 0 Å². The summed E-state index contributed by atoms with van der Waals surface area (Å²) in [6, 6.07) is 19.3. The van der Waals surface area contributed by atoms with Crippen molar-refractivity contribution in [1.29, 1.82) is 0 Å². The van der Waals surface area contributed by atoms with E-state index in [1.54, 1.807) is 24.3 Å². The Morgan fingerprint density at radius 2 is 1.89 bits per heavy atom. The number of amides is 1. The molecule has 5 heteroatoms. The molecule has 2 N–H and O–H groups in total. The first-order valence-electron chi connectivity index (χ1n) is 8.64. The van der Waals surface area contributed by atoms with Crippen molar-refractivity contribution in [1.82, 2.24) is 10.2 Å². The summed E-state index contributed by atoms with van der Waals surface area (Å²) in [5, 5.41) is 11.5. The number of nitrogens with one attached hydrogen (secondary N) is 2. The highest BCUT2D eigenvalue weighted by molar-refractivity contribution is 6.31. The molecule has 0 saturated carbocycles. The number of carbonyl (C=O) groups excluding carboxylic acids is 1. The average molecular weight is 376 g/mol. The van der Waals surface area contributed by atoms with Crippen molar-refractivity contribution < 1.29 is 4.79 Å². The van der Waals surface area contributed by atoms with Crippen molar-refractivity contribution in [2.75, 3.05) is 5.32 Å². The number of H-pyrrole nitrogens is 1. The van der Waals surface area contributed by atoms with Gasteiger partial charge >= 0.3 is 0 Å². The van der Waals surface area contributed by atoms with Crippen LogP contribution in [0.4, 0.5) is 5.82 Å². The fourth-order valence-electron chi connectivity index (χ4n) is 3.14. The van der Waals surface area contributed by atoms with Crippen molar-refractivity contribution in [3.63, 3.8) is 0 Å². The van der Waals surface area contributed by atoms with Crippen LogP contribution < -0.4 is 5.32 Å². The number of aryl methyl sites for hydroxylation is 2. The molecule has 0 unspecified atom stereocenters. The number of carbonyl (C=O) groups is 1. The number of rotatable bonds is 3. The summed E-state index contributed by atoms with van der Waals surface area (Å²) in [4.78, 5) is 12.5. The van der Waals surface area contributed by atoms with E-state index in [-0.39, 0.29) is 5.91 Å². The van der Waals surface area contributed by atoms with Crippen molar-refractivity contribution in [2.24, 2.45) is 0 Å². The van der Waals surface area contributed by atoms with Gasteiger partial charge in [-0.15, -0.1) is 0 Å². The minimum absolute atomic E-state index is 0.246. The molecule has 0 aliphatic rings. The second kappa shape index (κ2) is 6.89. The van der Waals surface area contributed by atoms with Crippen LogP contribution in [0, 0.1) is 13.8 Å². The van der Waals surface area contributed by atoms with Gasteiger partial charge in [0.2, 0.25) is 0 Å². The molecule has 0 atom stereocenters. The molecule has 4 rings (SSSR count). The van der Waals surface area contributed by atoms with Gasteiger partial charge in [-0.1, -0.05) is 47.5 Å². The Morgan fingerprint density at radius 1 is 1.04 bits per heavy atom. The maximum Gasteiger partial charge on any atom is 0.256 e. The highest BCUT2D eigenvalue weighted by Gasteiger charge is 2.13. The Hall–Kier alpha value is -3.11. The molecule has 0 bridgehead atoms. The third-order valence-electron chi connectivity index (χ3n) is 4.59. The number of benzene rings is 3. The Morgan fingerprint density at radius 3 is 2.70 bits per heavy atom. The van der Waals surface area contributed by atoms with Gasteiger partial charge in [0.25, 0.3) is 5.91 Å². The molecular formula is C22H18ClN3O. The zero-order valence-corrected chi connectivity index (χ0v) is 15.8.